The van der Waals surface area contributed by atoms with Gasteiger partial charge in [-0.2, -0.15) is 11.3 Å². The monoisotopic (exact) mass is 301 g/mol. The summed E-state index contributed by atoms with van der Waals surface area (Å²) in [5, 5.41) is 4.29. The molecule has 2 bridgehead atoms. The Morgan fingerprint density at radius 2 is 2.06 bits per heavy atom. The maximum Gasteiger partial charge on any atom is 0.0485 e. The van der Waals surface area contributed by atoms with Crippen LogP contribution in [0.5, 0.6) is 0 Å². The molecule has 1 aromatic heterocycles. The van der Waals surface area contributed by atoms with Gasteiger partial charge in [0.2, 0.25) is 0 Å². The van der Waals surface area contributed by atoms with Crippen molar-refractivity contribution in [3.05, 3.63) is 20.8 Å². The number of hydrogen-bond donors (Lipinski definition) is 1. The third kappa shape index (κ3) is 1.84. The number of rotatable bonds is 2. The molecule has 0 radical (unpaired) electrons. The van der Waals surface area contributed by atoms with Gasteiger partial charge in [0.25, 0.3) is 0 Å². The van der Waals surface area contributed by atoms with Gasteiger partial charge in [-0.05, 0) is 26.9 Å². The van der Waals surface area contributed by atoms with Crippen LogP contribution in [0.15, 0.2) is 15.2 Å². The second-order valence-electron chi connectivity index (χ2n) is 4.60. The minimum Gasteiger partial charge on any atom is -0.323 e. The summed E-state index contributed by atoms with van der Waals surface area (Å²) < 4.78 is 1.17. The molecule has 5 heteroatoms. The Labute approximate surface area is 108 Å². The molecule has 3 nitrogen and oxygen atoms in total. The summed E-state index contributed by atoms with van der Waals surface area (Å²) in [7, 11) is 0. The molecule has 16 heavy (non-hydrogen) atoms. The van der Waals surface area contributed by atoms with Crippen LogP contribution >= 0.6 is 27.3 Å². The molecule has 0 aliphatic carbocycles. The first-order valence-corrected chi connectivity index (χ1v) is 7.43. The number of hydrogen-bond acceptors (Lipinski definition) is 4. The Bertz CT molecular complexity index is 373. The van der Waals surface area contributed by atoms with Gasteiger partial charge in [0.05, 0.1) is 0 Å². The molecule has 0 amide bonds. The van der Waals surface area contributed by atoms with E-state index in [2.05, 4.69) is 36.5 Å². The van der Waals surface area contributed by atoms with Crippen molar-refractivity contribution in [1.82, 2.24) is 9.80 Å². The molecule has 0 aromatic carbocycles. The lowest BCUT2D eigenvalue weighted by molar-refractivity contribution is 0.00211. The smallest absolute Gasteiger partial charge is 0.0485 e. The highest BCUT2D eigenvalue weighted by atomic mass is 79.9. The van der Waals surface area contributed by atoms with Crippen LogP contribution in [-0.2, 0) is 0 Å². The van der Waals surface area contributed by atoms with Gasteiger partial charge in [-0.15, -0.1) is 0 Å². The highest BCUT2D eigenvalue weighted by Crippen LogP contribution is 2.32. The van der Waals surface area contributed by atoms with Crippen LogP contribution in [0.3, 0.4) is 0 Å². The zero-order valence-corrected chi connectivity index (χ0v) is 11.5. The van der Waals surface area contributed by atoms with Crippen molar-refractivity contribution in [1.29, 1.82) is 0 Å². The van der Waals surface area contributed by atoms with Crippen molar-refractivity contribution in [3.63, 3.8) is 0 Å². The third-order valence-corrected chi connectivity index (χ3v) is 5.49. The Hall–Kier alpha value is 0.0600. The number of nitrogens with zero attached hydrogens (tertiary/aromatic N) is 2. The average Bonchev–Trinajstić information content (AvgIpc) is 2.76. The lowest BCUT2D eigenvalue weighted by Gasteiger charge is -2.49. The van der Waals surface area contributed by atoms with Crippen LogP contribution in [0, 0.1) is 0 Å². The minimum atomic E-state index is 0.142. The van der Waals surface area contributed by atoms with Crippen LogP contribution in [0.25, 0.3) is 0 Å². The van der Waals surface area contributed by atoms with Gasteiger partial charge >= 0.3 is 0 Å². The highest BCUT2D eigenvalue weighted by Gasteiger charge is 2.36. The van der Waals surface area contributed by atoms with E-state index in [9.17, 15) is 0 Å². The number of thiophene rings is 1. The maximum atomic E-state index is 6.41. The van der Waals surface area contributed by atoms with E-state index in [4.69, 9.17) is 5.73 Å². The Morgan fingerprint density at radius 1 is 1.31 bits per heavy atom. The molecule has 3 saturated heterocycles. The van der Waals surface area contributed by atoms with Crippen molar-refractivity contribution >= 4 is 27.3 Å². The summed E-state index contributed by atoms with van der Waals surface area (Å²) in [5.74, 6) is 0. The second kappa shape index (κ2) is 4.38. The van der Waals surface area contributed by atoms with Gasteiger partial charge in [0.15, 0.2) is 0 Å². The van der Waals surface area contributed by atoms with E-state index in [1.165, 1.54) is 36.2 Å². The fourth-order valence-corrected chi connectivity index (χ4v) is 4.34. The van der Waals surface area contributed by atoms with Crippen molar-refractivity contribution in [2.45, 2.75) is 12.1 Å². The summed E-state index contributed by atoms with van der Waals surface area (Å²) in [6.45, 7) is 5.92. The van der Waals surface area contributed by atoms with Crippen molar-refractivity contribution in [2.24, 2.45) is 5.73 Å². The van der Waals surface area contributed by atoms with Crippen LogP contribution in [-0.4, -0.2) is 48.6 Å². The van der Waals surface area contributed by atoms with E-state index < -0.39 is 0 Å². The van der Waals surface area contributed by atoms with Crippen LogP contribution in [0.4, 0.5) is 0 Å². The molecule has 4 heterocycles. The van der Waals surface area contributed by atoms with E-state index in [1.54, 1.807) is 11.3 Å². The predicted molar refractivity (Wildman–Crippen MR) is 70.7 cm³/mol. The van der Waals surface area contributed by atoms with E-state index >= 15 is 0 Å². The molecule has 3 fully saturated rings. The first-order chi connectivity index (χ1) is 7.75. The number of fused-ring (bicyclic) bond motifs is 3. The summed E-state index contributed by atoms with van der Waals surface area (Å²) in [5.41, 5.74) is 7.68. The quantitative estimate of drug-likeness (QED) is 0.899. The van der Waals surface area contributed by atoms with Crippen molar-refractivity contribution < 1.29 is 0 Å². The van der Waals surface area contributed by atoms with Crippen LogP contribution in [0.2, 0.25) is 0 Å². The molecule has 3 aliphatic rings. The number of halogens is 1. The number of nitrogens with two attached hydrogens (primary N) is 1. The largest absolute Gasteiger partial charge is 0.323 e. The standard InChI is InChI=1S/C11H16BrN3S/c12-9-7-16-6-8(9)11(13)10-5-14-1-3-15(10)4-2-14/h6-7,10-11H,1-5,13H2. The molecule has 2 atom stereocenters. The van der Waals surface area contributed by atoms with Crippen molar-refractivity contribution in [2.75, 3.05) is 32.7 Å². The molecule has 0 spiro atoms. The predicted octanol–water partition coefficient (Wildman–Crippen LogP) is 1.51. The van der Waals surface area contributed by atoms with Crippen LogP contribution in [0.1, 0.15) is 11.6 Å². The molecule has 88 valence electrons. The van der Waals surface area contributed by atoms with Crippen LogP contribution < -0.4 is 5.73 Å². The van der Waals surface area contributed by atoms with E-state index in [-0.39, 0.29) is 6.04 Å². The van der Waals surface area contributed by atoms with Gasteiger partial charge < -0.3 is 5.73 Å². The molecule has 0 saturated carbocycles. The molecule has 1 aromatic rings. The van der Waals surface area contributed by atoms with Gasteiger partial charge in [-0.25, -0.2) is 0 Å². The number of piperazine rings is 3. The lowest BCUT2D eigenvalue weighted by Crippen LogP contribution is -2.63. The van der Waals surface area contributed by atoms with Gasteiger partial charge in [-0.3, -0.25) is 9.80 Å². The van der Waals surface area contributed by atoms with Crippen molar-refractivity contribution in [3.8, 4) is 0 Å². The van der Waals surface area contributed by atoms with Gasteiger partial charge in [-0.1, -0.05) is 0 Å². The summed E-state index contributed by atoms with van der Waals surface area (Å²) in [4.78, 5) is 5.08. The highest BCUT2D eigenvalue weighted by molar-refractivity contribution is 9.10. The molecule has 2 N–H and O–H groups in total. The first-order valence-electron chi connectivity index (χ1n) is 5.69. The SMILES string of the molecule is NC(c1cscc1Br)C1CN2CCN1CC2. The fourth-order valence-electron chi connectivity index (χ4n) is 2.73. The Morgan fingerprint density at radius 3 is 2.56 bits per heavy atom. The fraction of sp³-hybridized carbons (Fsp3) is 0.636. The molecule has 3 aliphatic heterocycles. The van der Waals surface area contributed by atoms with Gasteiger partial charge in [0, 0.05) is 54.7 Å². The maximum absolute atomic E-state index is 6.41. The summed E-state index contributed by atoms with van der Waals surface area (Å²) in [6.07, 6.45) is 0. The summed E-state index contributed by atoms with van der Waals surface area (Å²) in [6, 6.07) is 0.636. The molecule has 2 unspecified atom stereocenters. The third-order valence-electron chi connectivity index (χ3n) is 3.74. The Kier molecular flexibility index (Phi) is 3.06. The zero-order chi connectivity index (χ0) is 11.1. The molecule has 4 rings (SSSR count). The minimum absolute atomic E-state index is 0.142. The zero-order valence-electron chi connectivity index (χ0n) is 9.10. The van der Waals surface area contributed by atoms with E-state index in [0.717, 1.165) is 6.54 Å². The Balaban J connectivity index is 1.80. The first kappa shape index (κ1) is 11.2. The average molecular weight is 302 g/mol. The molecular formula is C11H16BrN3S. The normalized spacial score (nSPS) is 35.2. The van der Waals surface area contributed by atoms with E-state index in [1.807, 2.05) is 0 Å². The summed E-state index contributed by atoms with van der Waals surface area (Å²) >= 11 is 5.30. The lowest BCUT2D eigenvalue weighted by atomic mass is 9.97. The van der Waals surface area contributed by atoms with Gasteiger partial charge in [0.1, 0.15) is 0 Å². The van der Waals surface area contributed by atoms with E-state index in [0.29, 0.717) is 6.04 Å². The molecular weight excluding hydrogens is 286 g/mol. The topological polar surface area (TPSA) is 32.5 Å². The second-order valence-corrected chi connectivity index (χ2v) is 6.20.